The van der Waals surface area contributed by atoms with E-state index >= 15 is 0 Å². The average molecular weight is 346 g/mol. The summed E-state index contributed by atoms with van der Waals surface area (Å²) in [7, 11) is 1.67. The first-order valence-corrected chi connectivity index (χ1v) is 9.17. The normalized spacial score (nSPS) is 15.2. The van der Waals surface area contributed by atoms with Crippen LogP contribution in [-0.2, 0) is 9.59 Å². The van der Waals surface area contributed by atoms with Gasteiger partial charge in [-0.05, 0) is 31.9 Å². The molecule has 3 rings (SSSR count). The largest absolute Gasteiger partial charge is 0.352 e. The molecule has 1 unspecified atom stereocenters. The van der Waals surface area contributed by atoms with E-state index in [4.69, 9.17) is 0 Å². The van der Waals surface area contributed by atoms with Crippen molar-refractivity contribution in [3.8, 4) is 0 Å². The van der Waals surface area contributed by atoms with Gasteiger partial charge in [-0.2, -0.15) is 0 Å². The van der Waals surface area contributed by atoms with Gasteiger partial charge in [0.1, 0.15) is 5.82 Å². The Morgan fingerprint density at radius 2 is 2.17 bits per heavy atom. The molecule has 1 saturated carbocycles. The number of fused-ring (bicyclic) bond motifs is 1. The topological polar surface area (TPSA) is 78.1 Å². The first-order valence-electron chi connectivity index (χ1n) is 8.12. The van der Waals surface area contributed by atoms with Crippen molar-refractivity contribution >= 4 is 34.6 Å². The van der Waals surface area contributed by atoms with E-state index in [9.17, 15) is 9.59 Å². The number of hydrogen-bond donors (Lipinski definition) is 2. The molecule has 2 aromatic rings. The van der Waals surface area contributed by atoms with Crippen molar-refractivity contribution in [1.29, 1.82) is 0 Å². The Morgan fingerprint density at radius 3 is 2.88 bits per heavy atom. The Labute approximate surface area is 145 Å². The van der Waals surface area contributed by atoms with Crippen LogP contribution in [0.5, 0.6) is 0 Å². The number of aromatic amines is 1. The second-order valence-electron chi connectivity index (χ2n) is 6.18. The molecule has 1 aliphatic carbocycles. The lowest BCUT2D eigenvalue weighted by atomic mass is 10.3. The van der Waals surface area contributed by atoms with E-state index in [0.717, 1.165) is 29.7 Å². The number of benzene rings is 1. The van der Waals surface area contributed by atoms with E-state index in [1.54, 1.807) is 7.05 Å². The van der Waals surface area contributed by atoms with E-state index in [-0.39, 0.29) is 23.6 Å². The predicted molar refractivity (Wildman–Crippen MR) is 95.8 cm³/mol. The van der Waals surface area contributed by atoms with Gasteiger partial charge >= 0.3 is 0 Å². The van der Waals surface area contributed by atoms with Gasteiger partial charge in [-0.3, -0.25) is 9.59 Å². The van der Waals surface area contributed by atoms with Crippen LogP contribution in [0.15, 0.2) is 24.3 Å². The van der Waals surface area contributed by atoms with E-state index in [1.165, 1.54) is 16.7 Å². The highest BCUT2D eigenvalue weighted by atomic mass is 32.2. The molecule has 1 aromatic heterocycles. The lowest BCUT2D eigenvalue weighted by molar-refractivity contribution is -0.132. The number of H-pyrrole nitrogens is 1. The molecule has 1 atom stereocenters. The molecular formula is C17H22N4O2S. The standard InChI is InChI=1S/C17H22N4O2S/c1-11(17-19-13-5-3-4-6-14(13)20-17)24-10-16(23)21(2)9-15(22)18-12-7-8-12/h3-6,11-12H,7-10H2,1-2H3,(H,18,22)(H,19,20). The van der Waals surface area contributed by atoms with Crippen molar-refractivity contribution in [1.82, 2.24) is 20.2 Å². The zero-order chi connectivity index (χ0) is 17.1. The van der Waals surface area contributed by atoms with Crippen LogP contribution in [0.25, 0.3) is 11.0 Å². The summed E-state index contributed by atoms with van der Waals surface area (Å²) in [6, 6.07) is 8.19. The molecule has 128 valence electrons. The van der Waals surface area contributed by atoms with Crippen LogP contribution in [0.1, 0.15) is 30.8 Å². The molecule has 0 bridgehead atoms. The van der Waals surface area contributed by atoms with Gasteiger partial charge in [-0.1, -0.05) is 12.1 Å². The maximum atomic E-state index is 12.2. The molecule has 1 aliphatic rings. The Morgan fingerprint density at radius 1 is 1.42 bits per heavy atom. The number of carbonyl (C=O) groups is 2. The minimum Gasteiger partial charge on any atom is -0.352 e. The van der Waals surface area contributed by atoms with Crippen molar-refractivity contribution in [2.75, 3.05) is 19.3 Å². The third-order valence-corrected chi connectivity index (χ3v) is 5.14. The average Bonchev–Trinajstić information content (AvgIpc) is 3.26. The third-order valence-electron chi connectivity index (χ3n) is 4.00. The summed E-state index contributed by atoms with van der Waals surface area (Å²) in [4.78, 5) is 33.3. The van der Waals surface area contributed by atoms with Gasteiger partial charge in [0.15, 0.2) is 0 Å². The second kappa shape index (κ2) is 7.25. The van der Waals surface area contributed by atoms with E-state index in [0.29, 0.717) is 11.8 Å². The number of aromatic nitrogens is 2. The van der Waals surface area contributed by atoms with Crippen molar-refractivity contribution in [3.05, 3.63) is 30.1 Å². The van der Waals surface area contributed by atoms with E-state index in [1.807, 2.05) is 31.2 Å². The quantitative estimate of drug-likeness (QED) is 0.805. The smallest absolute Gasteiger partial charge is 0.239 e. The van der Waals surface area contributed by atoms with Crippen LogP contribution in [0.3, 0.4) is 0 Å². The molecule has 7 heteroatoms. The number of rotatable bonds is 7. The van der Waals surface area contributed by atoms with Crippen molar-refractivity contribution in [3.63, 3.8) is 0 Å². The molecule has 2 N–H and O–H groups in total. The molecule has 0 radical (unpaired) electrons. The molecule has 0 spiro atoms. The van der Waals surface area contributed by atoms with E-state index in [2.05, 4.69) is 15.3 Å². The molecular weight excluding hydrogens is 324 g/mol. The number of thioether (sulfide) groups is 1. The highest BCUT2D eigenvalue weighted by molar-refractivity contribution is 8.00. The zero-order valence-electron chi connectivity index (χ0n) is 13.9. The summed E-state index contributed by atoms with van der Waals surface area (Å²) in [5.74, 6) is 1.06. The Balaban J connectivity index is 1.48. The molecule has 0 aliphatic heterocycles. The first-order chi connectivity index (χ1) is 11.5. The van der Waals surface area contributed by atoms with Crippen LogP contribution in [0.2, 0.25) is 0 Å². The molecule has 1 fully saturated rings. The maximum Gasteiger partial charge on any atom is 0.239 e. The summed E-state index contributed by atoms with van der Waals surface area (Å²) in [6.07, 6.45) is 2.10. The van der Waals surface area contributed by atoms with Crippen LogP contribution in [-0.4, -0.2) is 52.1 Å². The summed E-state index contributed by atoms with van der Waals surface area (Å²) < 4.78 is 0. The Hall–Kier alpha value is -2.02. The lowest BCUT2D eigenvalue weighted by Gasteiger charge is -2.17. The number of imidazole rings is 1. The number of likely N-dealkylation sites (N-methyl/N-ethyl adjacent to an activating group) is 1. The van der Waals surface area contributed by atoms with Crippen molar-refractivity contribution in [2.24, 2.45) is 0 Å². The van der Waals surface area contributed by atoms with Crippen molar-refractivity contribution < 1.29 is 9.59 Å². The first kappa shape index (κ1) is 16.8. The van der Waals surface area contributed by atoms with Gasteiger partial charge in [0.2, 0.25) is 11.8 Å². The summed E-state index contributed by atoms with van der Waals surface area (Å²) in [5, 5.41) is 2.97. The predicted octanol–water partition coefficient (Wildman–Crippen LogP) is 2.09. The van der Waals surface area contributed by atoms with Crippen LogP contribution >= 0.6 is 11.8 Å². The lowest BCUT2D eigenvalue weighted by Crippen LogP contribution is -2.39. The minimum absolute atomic E-state index is 0.0473. The summed E-state index contributed by atoms with van der Waals surface area (Å²) in [5.41, 5.74) is 1.93. The van der Waals surface area contributed by atoms with Crippen LogP contribution in [0, 0.1) is 0 Å². The second-order valence-corrected chi connectivity index (χ2v) is 7.51. The van der Waals surface area contributed by atoms with Gasteiger partial charge in [0.25, 0.3) is 0 Å². The van der Waals surface area contributed by atoms with Crippen molar-refractivity contribution in [2.45, 2.75) is 31.1 Å². The Bertz CT molecular complexity index is 708. The number of carbonyl (C=O) groups excluding carboxylic acids is 2. The fraction of sp³-hybridized carbons (Fsp3) is 0.471. The van der Waals surface area contributed by atoms with E-state index < -0.39 is 0 Å². The molecule has 2 amide bonds. The molecule has 0 saturated heterocycles. The monoisotopic (exact) mass is 346 g/mol. The number of nitrogens with zero attached hydrogens (tertiary/aromatic N) is 2. The SMILES string of the molecule is CC(SCC(=O)N(C)CC(=O)NC1CC1)c1nc2ccccc2[nH]1. The molecule has 24 heavy (non-hydrogen) atoms. The van der Waals surface area contributed by atoms with Gasteiger partial charge < -0.3 is 15.2 Å². The van der Waals surface area contributed by atoms with Gasteiger partial charge in [0, 0.05) is 13.1 Å². The highest BCUT2D eigenvalue weighted by Gasteiger charge is 2.24. The molecule has 6 nitrogen and oxygen atoms in total. The number of hydrogen-bond acceptors (Lipinski definition) is 4. The Kier molecular flexibility index (Phi) is 5.08. The summed E-state index contributed by atoms with van der Waals surface area (Å²) >= 11 is 1.52. The van der Waals surface area contributed by atoms with Crippen LogP contribution in [0.4, 0.5) is 0 Å². The van der Waals surface area contributed by atoms with Gasteiger partial charge in [-0.15, -0.1) is 11.8 Å². The molecule has 1 aromatic carbocycles. The summed E-state index contributed by atoms with van der Waals surface area (Å²) in [6.45, 7) is 2.14. The number of amides is 2. The van der Waals surface area contributed by atoms with Gasteiger partial charge in [0.05, 0.1) is 28.6 Å². The minimum atomic E-state index is -0.0799. The fourth-order valence-corrected chi connectivity index (χ4v) is 3.24. The highest BCUT2D eigenvalue weighted by Crippen LogP contribution is 2.27. The van der Waals surface area contributed by atoms with Gasteiger partial charge in [-0.25, -0.2) is 4.98 Å². The number of para-hydroxylation sites is 2. The maximum absolute atomic E-state index is 12.2. The zero-order valence-corrected chi connectivity index (χ0v) is 14.7. The van der Waals surface area contributed by atoms with Crippen LogP contribution < -0.4 is 5.32 Å². The molecule has 1 heterocycles. The number of nitrogens with one attached hydrogen (secondary N) is 2. The fourth-order valence-electron chi connectivity index (χ4n) is 2.36. The third kappa shape index (κ3) is 4.29.